The van der Waals surface area contributed by atoms with Gasteiger partial charge >= 0.3 is 0 Å². The van der Waals surface area contributed by atoms with Crippen LogP contribution in [0.5, 0.6) is 0 Å². The molecule has 0 heterocycles. The van der Waals surface area contributed by atoms with Crippen LogP contribution >= 0.6 is 0 Å². The van der Waals surface area contributed by atoms with Crippen molar-refractivity contribution in [2.24, 2.45) is 17.6 Å². The molecule has 0 radical (unpaired) electrons. The van der Waals surface area contributed by atoms with Crippen molar-refractivity contribution in [1.29, 1.82) is 0 Å². The van der Waals surface area contributed by atoms with Gasteiger partial charge in [-0.2, -0.15) is 0 Å². The van der Waals surface area contributed by atoms with Crippen LogP contribution in [-0.4, -0.2) is 5.54 Å². The van der Waals surface area contributed by atoms with E-state index in [1.807, 2.05) is 0 Å². The normalized spacial score (nSPS) is 37.3. The minimum atomic E-state index is 0.244. The maximum Gasteiger partial charge on any atom is 0.0182 e. The van der Waals surface area contributed by atoms with Crippen molar-refractivity contribution in [2.45, 2.75) is 70.3 Å². The largest absolute Gasteiger partial charge is 0.325 e. The van der Waals surface area contributed by atoms with Crippen molar-refractivity contribution >= 4 is 0 Å². The van der Waals surface area contributed by atoms with Crippen molar-refractivity contribution in [1.82, 2.24) is 0 Å². The molecule has 2 aliphatic rings. The first kappa shape index (κ1) is 10.5. The summed E-state index contributed by atoms with van der Waals surface area (Å²) in [6, 6.07) is 0. The predicted octanol–water partition coefficient (Wildman–Crippen LogP) is 3.47. The Labute approximate surface area is 88.4 Å². The Bertz CT molecular complexity index is 182. The van der Waals surface area contributed by atoms with Crippen molar-refractivity contribution in [3.63, 3.8) is 0 Å². The van der Waals surface area contributed by atoms with Crippen LogP contribution in [0.15, 0.2) is 0 Å². The van der Waals surface area contributed by atoms with Gasteiger partial charge in [0.1, 0.15) is 0 Å². The molecule has 1 heteroatoms. The van der Waals surface area contributed by atoms with E-state index in [1.165, 1.54) is 57.8 Å². The predicted molar refractivity (Wildman–Crippen MR) is 61.1 cm³/mol. The SMILES string of the molecule is CCC1CCCC(C2(N)CCCC2)C1. The van der Waals surface area contributed by atoms with E-state index < -0.39 is 0 Å². The summed E-state index contributed by atoms with van der Waals surface area (Å²) in [7, 11) is 0. The zero-order chi connectivity index (χ0) is 10.0. The molecule has 2 N–H and O–H groups in total. The van der Waals surface area contributed by atoms with E-state index in [-0.39, 0.29) is 5.54 Å². The van der Waals surface area contributed by atoms with Crippen molar-refractivity contribution in [3.05, 3.63) is 0 Å². The zero-order valence-corrected chi connectivity index (χ0v) is 9.60. The summed E-state index contributed by atoms with van der Waals surface area (Å²) in [5.41, 5.74) is 6.79. The Hall–Kier alpha value is -0.0400. The summed E-state index contributed by atoms with van der Waals surface area (Å²) in [6.45, 7) is 2.34. The monoisotopic (exact) mass is 195 g/mol. The van der Waals surface area contributed by atoms with E-state index in [9.17, 15) is 0 Å². The summed E-state index contributed by atoms with van der Waals surface area (Å²) in [6.07, 6.45) is 12.5. The average Bonchev–Trinajstić information content (AvgIpc) is 2.67. The standard InChI is InChI=1S/C13H25N/c1-2-11-6-5-7-12(10-11)13(14)8-3-4-9-13/h11-12H,2-10,14H2,1H3. The summed E-state index contributed by atoms with van der Waals surface area (Å²) in [5, 5.41) is 0. The topological polar surface area (TPSA) is 26.0 Å². The van der Waals surface area contributed by atoms with Crippen LogP contribution < -0.4 is 5.73 Å². The number of hydrogen-bond acceptors (Lipinski definition) is 1. The fourth-order valence-electron chi connectivity index (χ4n) is 3.63. The second-order valence-electron chi connectivity index (χ2n) is 5.58. The van der Waals surface area contributed by atoms with Gasteiger partial charge in [0, 0.05) is 5.54 Å². The van der Waals surface area contributed by atoms with Crippen molar-refractivity contribution in [2.75, 3.05) is 0 Å². The molecule has 0 saturated heterocycles. The lowest BCUT2D eigenvalue weighted by molar-refractivity contribution is 0.164. The first-order valence-electron chi connectivity index (χ1n) is 6.53. The lowest BCUT2D eigenvalue weighted by atomic mass is 9.70. The van der Waals surface area contributed by atoms with Gasteiger partial charge in [-0.3, -0.25) is 0 Å². The summed E-state index contributed by atoms with van der Waals surface area (Å²) >= 11 is 0. The third kappa shape index (κ3) is 1.98. The molecule has 2 atom stereocenters. The van der Waals surface area contributed by atoms with Crippen molar-refractivity contribution in [3.8, 4) is 0 Å². The van der Waals surface area contributed by atoms with Crippen LogP contribution in [0.3, 0.4) is 0 Å². The lowest BCUT2D eigenvalue weighted by Gasteiger charge is -2.39. The van der Waals surface area contributed by atoms with Gasteiger partial charge in [0.25, 0.3) is 0 Å². The summed E-state index contributed by atoms with van der Waals surface area (Å²) < 4.78 is 0. The summed E-state index contributed by atoms with van der Waals surface area (Å²) in [5.74, 6) is 1.83. The Balaban J connectivity index is 1.96. The highest BCUT2D eigenvalue weighted by Crippen LogP contribution is 2.43. The molecule has 2 unspecified atom stereocenters. The number of rotatable bonds is 2. The van der Waals surface area contributed by atoms with E-state index in [2.05, 4.69) is 6.92 Å². The van der Waals surface area contributed by atoms with Gasteiger partial charge in [0.05, 0.1) is 0 Å². The lowest BCUT2D eigenvalue weighted by Crippen LogP contribution is -2.46. The molecule has 0 aromatic rings. The number of nitrogens with two attached hydrogens (primary N) is 1. The highest BCUT2D eigenvalue weighted by Gasteiger charge is 2.39. The molecule has 0 aromatic heterocycles. The molecule has 0 amide bonds. The number of hydrogen-bond donors (Lipinski definition) is 1. The molecule has 1 nitrogen and oxygen atoms in total. The Kier molecular flexibility index (Phi) is 3.16. The second kappa shape index (κ2) is 4.22. The van der Waals surface area contributed by atoms with E-state index in [1.54, 1.807) is 0 Å². The second-order valence-corrected chi connectivity index (χ2v) is 5.58. The first-order chi connectivity index (χ1) is 6.74. The molecule has 82 valence electrons. The van der Waals surface area contributed by atoms with E-state index in [0.717, 1.165) is 11.8 Å². The fraction of sp³-hybridized carbons (Fsp3) is 1.00. The van der Waals surface area contributed by atoms with Crippen LogP contribution in [0.4, 0.5) is 0 Å². The quantitative estimate of drug-likeness (QED) is 0.717. The third-order valence-electron chi connectivity index (χ3n) is 4.71. The van der Waals surface area contributed by atoms with Crippen LogP contribution in [0.2, 0.25) is 0 Å². The maximum atomic E-state index is 6.55. The van der Waals surface area contributed by atoms with Crippen LogP contribution in [0.1, 0.15) is 64.7 Å². The average molecular weight is 195 g/mol. The molecule has 2 rings (SSSR count). The highest BCUT2D eigenvalue weighted by atomic mass is 14.8. The van der Waals surface area contributed by atoms with Crippen LogP contribution in [0.25, 0.3) is 0 Å². The van der Waals surface area contributed by atoms with Gasteiger partial charge in [0.2, 0.25) is 0 Å². The molecule has 0 aliphatic heterocycles. The molecule has 2 aliphatic carbocycles. The minimum absolute atomic E-state index is 0.244. The minimum Gasteiger partial charge on any atom is -0.325 e. The zero-order valence-electron chi connectivity index (χ0n) is 9.60. The fourth-order valence-corrected chi connectivity index (χ4v) is 3.63. The van der Waals surface area contributed by atoms with Crippen molar-refractivity contribution < 1.29 is 0 Å². The maximum absolute atomic E-state index is 6.55. The summed E-state index contributed by atoms with van der Waals surface area (Å²) in [4.78, 5) is 0. The van der Waals surface area contributed by atoms with E-state index in [4.69, 9.17) is 5.73 Å². The van der Waals surface area contributed by atoms with Crippen LogP contribution in [-0.2, 0) is 0 Å². The van der Waals surface area contributed by atoms with Gasteiger partial charge in [0.15, 0.2) is 0 Å². The van der Waals surface area contributed by atoms with Crippen LogP contribution in [0, 0.1) is 11.8 Å². The Morgan fingerprint density at radius 2 is 1.86 bits per heavy atom. The molecule has 14 heavy (non-hydrogen) atoms. The third-order valence-corrected chi connectivity index (χ3v) is 4.71. The molecule has 2 fully saturated rings. The smallest absolute Gasteiger partial charge is 0.0182 e. The molecular weight excluding hydrogens is 170 g/mol. The first-order valence-corrected chi connectivity index (χ1v) is 6.53. The van der Waals surface area contributed by atoms with Gasteiger partial charge in [-0.25, -0.2) is 0 Å². The van der Waals surface area contributed by atoms with E-state index in [0.29, 0.717) is 0 Å². The molecule has 0 aromatic carbocycles. The van der Waals surface area contributed by atoms with Gasteiger partial charge in [-0.1, -0.05) is 39.0 Å². The van der Waals surface area contributed by atoms with E-state index >= 15 is 0 Å². The van der Waals surface area contributed by atoms with Gasteiger partial charge in [-0.05, 0) is 37.5 Å². The molecule has 0 bridgehead atoms. The molecule has 0 spiro atoms. The Morgan fingerprint density at radius 1 is 1.14 bits per heavy atom. The van der Waals surface area contributed by atoms with Gasteiger partial charge < -0.3 is 5.73 Å². The Morgan fingerprint density at radius 3 is 2.50 bits per heavy atom. The molecule has 2 saturated carbocycles. The molecular formula is C13H25N. The highest BCUT2D eigenvalue weighted by molar-refractivity contribution is 4.97. The van der Waals surface area contributed by atoms with Gasteiger partial charge in [-0.15, -0.1) is 0 Å².